The first-order valence-electron chi connectivity index (χ1n) is 5.87. The smallest absolute Gasteiger partial charge is 0.265 e. The van der Waals surface area contributed by atoms with Gasteiger partial charge in [0.1, 0.15) is 0 Å². The first-order valence-corrected chi connectivity index (χ1v) is 7.44. The molecular formula is C14H13Cl2NOS. The topological polar surface area (TPSA) is 29.1 Å². The molecule has 2 rings (SSSR count). The van der Waals surface area contributed by atoms with Gasteiger partial charge in [-0.1, -0.05) is 30.1 Å². The predicted octanol–water partition coefficient (Wildman–Crippen LogP) is 5.18. The van der Waals surface area contributed by atoms with Crippen molar-refractivity contribution in [3.05, 3.63) is 49.6 Å². The van der Waals surface area contributed by atoms with E-state index >= 15 is 0 Å². The standard InChI is InChI=1S/C14H13Cl2NOS/c1-3-12-8(2)6-13(19-12)14(18)17-11-5-4-9(15)7-10(11)16/h4-7H,3H2,1-2H3,(H,17,18). The summed E-state index contributed by atoms with van der Waals surface area (Å²) in [5.74, 6) is -0.142. The summed E-state index contributed by atoms with van der Waals surface area (Å²) in [5.41, 5.74) is 1.72. The van der Waals surface area contributed by atoms with Gasteiger partial charge < -0.3 is 5.32 Å². The van der Waals surface area contributed by atoms with Crippen LogP contribution in [0.2, 0.25) is 10.0 Å². The van der Waals surface area contributed by atoms with E-state index in [1.54, 1.807) is 18.2 Å². The van der Waals surface area contributed by atoms with Crippen molar-refractivity contribution in [2.75, 3.05) is 5.32 Å². The zero-order valence-corrected chi connectivity index (χ0v) is 12.9. The molecule has 0 spiro atoms. The average molecular weight is 314 g/mol. The summed E-state index contributed by atoms with van der Waals surface area (Å²) in [4.78, 5) is 14.1. The van der Waals surface area contributed by atoms with Gasteiger partial charge in [0.15, 0.2) is 0 Å². The molecule has 0 saturated heterocycles. The maximum atomic E-state index is 12.1. The van der Waals surface area contributed by atoms with Crippen LogP contribution < -0.4 is 5.32 Å². The van der Waals surface area contributed by atoms with Crippen LogP contribution in [0.25, 0.3) is 0 Å². The zero-order valence-electron chi connectivity index (χ0n) is 10.6. The lowest BCUT2D eigenvalue weighted by Gasteiger charge is -2.06. The zero-order chi connectivity index (χ0) is 14.0. The maximum absolute atomic E-state index is 12.1. The number of nitrogens with one attached hydrogen (secondary N) is 1. The van der Waals surface area contributed by atoms with Crippen LogP contribution in [0.1, 0.15) is 27.0 Å². The van der Waals surface area contributed by atoms with Gasteiger partial charge >= 0.3 is 0 Å². The first-order chi connectivity index (χ1) is 9.01. The van der Waals surface area contributed by atoms with E-state index in [0.29, 0.717) is 20.6 Å². The van der Waals surface area contributed by atoms with Gasteiger partial charge in [-0.15, -0.1) is 11.3 Å². The molecular weight excluding hydrogens is 301 g/mol. The van der Waals surface area contributed by atoms with E-state index in [2.05, 4.69) is 12.2 Å². The van der Waals surface area contributed by atoms with Crippen LogP contribution in [-0.4, -0.2) is 5.91 Å². The monoisotopic (exact) mass is 313 g/mol. The number of rotatable bonds is 3. The van der Waals surface area contributed by atoms with E-state index < -0.39 is 0 Å². The van der Waals surface area contributed by atoms with E-state index in [4.69, 9.17) is 23.2 Å². The molecule has 0 aliphatic heterocycles. The Labute approximate surface area is 126 Å². The number of thiophene rings is 1. The van der Waals surface area contributed by atoms with Crippen molar-refractivity contribution in [2.24, 2.45) is 0 Å². The van der Waals surface area contributed by atoms with Gasteiger partial charge in [0.2, 0.25) is 0 Å². The lowest BCUT2D eigenvalue weighted by atomic mass is 10.2. The molecule has 0 fully saturated rings. The molecule has 1 N–H and O–H groups in total. The molecule has 0 aliphatic rings. The normalized spacial score (nSPS) is 10.5. The Bertz CT molecular complexity index is 622. The van der Waals surface area contributed by atoms with Crippen LogP contribution in [0.3, 0.4) is 0 Å². The number of benzene rings is 1. The highest BCUT2D eigenvalue weighted by atomic mass is 35.5. The average Bonchev–Trinajstić information content (AvgIpc) is 2.74. The van der Waals surface area contributed by atoms with Gasteiger partial charge in [0.25, 0.3) is 5.91 Å². The summed E-state index contributed by atoms with van der Waals surface area (Å²) in [7, 11) is 0. The Kier molecular flexibility index (Phi) is 4.50. The molecule has 1 heterocycles. The van der Waals surface area contributed by atoms with E-state index in [1.165, 1.54) is 16.2 Å². The number of halogens is 2. The number of amides is 1. The first kappa shape index (κ1) is 14.4. The molecule has 19 heavy (non-hydrogen) atoms. The molecule has 0 radical (unpaired) electrons. The summed E-state index contributed by atoms with van der Waals surface area (Å²) in [5, 5.41) is 3.78. The minimum Gasteiger partial charge on any atom is -0.320 e. The van der Waals surface area contributed by atoms with Crippen molar-refractivity contribution < 1.29 is 4.79 Å². The van der Waals surface area contributed by atoms with E-state index in [9.17, 15) is 4.79 Å². The molecule has 2 nitrogen and oxygen atoms in total. The summed E-state index contributed by atoms with van der Waals surface area (Å²) >= 11 is 13.4. The third-order valence-corrected chi connectivity index (χ3v) is 4.67. The number of aryl methyl sites for hydroxylation is 2. The minimum absolute atomic E-state index is 0.142. The van der Waals surface area contributed by atoms with Gasteiger partial charge in [-0.25, -0.2) is 0 Å². The second kappa shape index (κ2) is 5.95. The molecule has 0 saturated carbocycles. The molecule has 2 aromatic rings. The maximum Gasteiger partial charge on any atom is 0.265 e. The third kappa shape index (κ3) is 3.30. The van der Waals surface area contributed by atoms with Gasteiger partial charge in [0, 0.05) is 9.90 Å². The Morgan fingerprint density at radius 1 is 1.32 bits per heavy atom. The van der Waals surface area contributed by atoms with Crippen molar-refractivity contribution >= 4 is 46.1 Å². The van der Waals surface area contributed by atoms with E-state index in [1.807, 2.05) is 13.0 Å². The minimum atomic E-state index is -0.142. The van der Waals surface area contributed by atoms with E-state index in [-0.39, 0.29) is 5.91 Å². The summed E-state index contributed by atoms with van der Waals surface area (Å²) in [6.45, 7) is 4.10. The number of hydrogen-bond acceptors (Lipinski definition) is 2. The predicted molar refractivity (Wildman–Crippen MR) is 82.8 cm³/mol. The second-order valence-electron chi connectivity index (χ2n) is 4.15. The van der Waals surface area contributed by atoms with Crippen molar-refractivity contribution in [1.29, 1.82) is 0 Å². The molecule has 0 atom stereocenters. The van der Waals surface area contributed by atoms with Crippen LogP contribution in [0, 0.1) is 6.92 Å². The molecule has 0 bridgehead atoms. The van der Waals surface area contributed by atoms with Gasteiger partial charge in [-0.05, 0) is 43.2 Å². The number of anilines is 1. The van der Waals surface area contributed by atoms with Gasteiger partial charge in [0.05, 0.1) is 15.6 Å². The van der Waals surface area contributed by atoms with Gasteiger partial charge in [-0.3, -0.25) is 4.79 Å². The van der Waals surface area contributed by atoms with Crippen LogP contribution >= 0.6 is 34.5 Å². The second-order valence-corrected chi connectivity index (χ2v) is 6.13. The molecule has 100 valence electrons. The molecule has 1 aromatic carbocycles. The Hall–Kier alpha value is -1.03. The molecule has 5 heteroatoms. The Morgan fingerprint density at radius 2 is 2.05 bits per heavy atom. The Balaban J connectivity index is 2.20. The van der Waals surface area contributed by atoms with Crippen LogP contribution in [0.5, 0.6) is 0 Å². The lowest BCUT2D eigenvalue weighted by molar-refractivity contribution is 0.103. The largest absolute Gasteiger partial charge is 0.320 e. The third-order valence-electron chi connectivity index (χ3n) is 2.74. The van der Waals surface area contributed by atoms with E-state index in [0.717, 1.165) is 12.0 Å². The SMILES string of the molecule is CCc1sc(C(=O)Nc2ccc(Cl)cc2Cl)cc1C. The number of carbonyl (C=O) groups excluding carboxylic acids is 1. The highest BCUT2D eigenvalue weighted by Crippen LogP contribution is 2.27. The number of carbonyl (C=O) groups is 1. The molecule has 0 unspecified atom stereocenters. The molecule has 0 aliphatic carbocycles. The van der Waals surface area contributed by atoms with Crippen LogP contribution in [-0.2, 0) is 6.42 Å². The summed E-state index contributed by atoms with van der Waals surface area (Å²) in [6, 6.07) is 6.91. The fourth-order valence-electron chi connectivity index (χ4n) is 1.76. The van der Waals surface area contributed by atoms with Gasteiger partial charge in [-0.2, -0.15) is 0 Å². The summed E-state index contributed by atoms with van der Waals surface area (Å²) < 4.78 is 0. The van der Waals surface area contributed by atoms with Crippen molar-refractivity contribution in [3.63, 3.8) is 0 Å². The molecule has 1 aromatic heterocycles. The van der Waals surface area contributed by atoms with Crippen LogP contribution in [0.15, 0.2) is 24.3 Å². The Morgan fingerprint density at radius 3 is 2.63 bits per heavy atom. The quantitative estimate of drug-likeness (QED) is 0.831. The summed E-state index contributed by atoms with van der Waals surface area (Å²) in [6.07, 6.45) is 0.936. The highest BCUT2D eigenvalue weighted by Gasteiger charge is 2.13. The number of hydrogen-bond donors (Lipinski definition) is 1. The highest BCUT2D eigenvalue weighted by molar-refractivity contribution is 7.14. The van der Waals surface area contributed by atoms with Crippen molar-refractivity contribution in [2.45, 2.75) is 20.3 Å². The van der Waals surface area contributed by atoms with Crippen LogP contribution in [0.4, 0.5) is 5.69 Å². The van der Waals surface area contributed by atoms with Crippen molar-refractivity contribution in [1.82, 2.24) is 0 Å². The fraction of sp³-hybridized carbons (Fsp3) is 0.214. The van der Waals surface area contributed by atoms with Crippen molar-refractivity contribution in [3.8, 4) is 0 Å². The fourth-order valence-corrected chi connectivity index (χ4v) is 3.22. The lowest BCUT2D eigenvalue weighted by Crippen LogP contribution is -2.10. The molecule has 1 amide bonds.